The van der Waals surface area contributed by atoms with Gasteiger partial charge in [0.2, 0.25) is 15.9 Å². The Morgan fingerprint density at radius 1 is 0.647 bits per heavy atom. The van der Waals surface area contributed by atoms with Crippen LogP contribution >= 0.6 is 0 Å². The highest BCUT2D eigenvalue weighted by Crippen LogP contribution is 2.16. The summed E-state index contributed by atoms with van der Waals surface area (Å²) in [5, 5.41) is 33.9. The number of hydrogen-bond donors (Lipinski definition) is 3. The highest BCUT2D eigenvalue weighted by Gasteiger charge is 2.18. The van der Waals surface area contributed by atoms with Crippen molar-refractivity contribution in [1.82, 2.24) is 4.72 Å². The van der Waals surface area contributed by atoms with E-state index in [9.17, 15) is 46.7 Å². The molecule has 0 unspecified atom stereocenters. The summed E-state index contributed by atoms with van der Waals surface area (Å²) < 4.78 is 57.9. The summed E-state index contributed by atoms with van der Waals surface area (Å²) >= 11 is 0. The lowest BCUT2D eigenvalue weighted by Crippen LogP contribution is -2.31. The Labute approximate surface area is 293 Å². The Kier molecular flexibility index (Phi) is 17.0. The monoisotopic (exact) mass is 746 g/mol. The second-order valence-corrected chi connectivity index (χ2v) is 13.3. The van der Waals surface area contributed by atoms with E-state index < -0.39 is 41.8 Å². The van der Waals surface area contributed by atoms with Gasteiger partial charge in [-0.1, -0.05) is 60.7 Å². The van der Waals surface area contributed by atoms with Gasteiger partial charge in [-0.2, -0.15) is 0 Å². The van der Waals surface area contributed by atoms with Crippen molar-refractivity contribution in [2.75, 3.05) is 13.2 Å². The van der Waals surface area contributed by atoms with Crippen LogP contribution in [-0.4, -0.2) is 56.9 Å². The molecule has 0 bridgehead atoms. The number of aliphatic carboxylic acids is 1. The Balaban J connectivity index is 0.000000292. The topological polar surface area (TPSA) is 265 Å². The van der Waals surface area contributed by atoms with Gasteiger partial charge in [0.05, 0.1) is 58.9 Å². The third kappa shape index (κ3) is 16.6. The fraction of sp³-hybridized carbons (Fsp3) is 0.188. The Morgan fingerprint density at radius 3 is 1.41 bits per heavy atom. The third-order valence-corrected chi connectivity index (χ3v) is 8.46. The lowest BCUT2D eigenvalue weighted by molar-refractivity contribution is -0.385. The summed E-state index contributed by atoms with van der Waals surface area (Å²) in [7, 11) is -7.84. The van der Waals surface area contributed by atoms with Crippen molar-refractivity contribution in [2.45, 2.75) is 35.8 Å². The number of nitrogens with zero attached hydrogens (tertiary/aromatic N) is 2. The molecule has 4 N–H and O–H groups in total. The number of rotatable bonds is 15. The largest absolute Gasteiger partial charge is 0.481 e. The van der Waals surface area contributed by atoms with Crippen LogP contribution in [0.5, 0.6) is 0 Å². The number of ether oxygens (including phenoxy) is 2. The SMILES string of the molecule is NS(=O)(=O)c1ccc([N+](=O)[O-])cc1.O=C(CCOCc1ccccc1)NS(=O)(=O)c1ccc([N+](=O)[O-])cc1.O=C(O)CCOCc1ccccc1. The molecular weight excluding hydrogens is 713 g/mol. The Morgan fingerprint density at radius 2 is 1.04 bits per heavy atom. The fourth-order valence-electron chi connectivity index (χ4n) is 3.62. The number of carbonyl (C=O) groups is 2. The number of hydrogen-bond acceptors (Lipinski definition) is 12. The number of nitrogens with two attached hydrogens (primary N) is 1. The first-order valence-corrected chi connectivity index (χ1v) is 17.6. The second-order valence-electron chi connectivity index (χ2n) is 10.0. The quantitative estimate of drug-likeness (QED) is 0.0885. The fourth-order valence-corrected chi connectivity index (χ4v) is 5.15. The first-order chi connectivity index (χ1) is 24.1. The third-order valence-electron chi connectivity index (χ3n) is 6.14. The number of benzene rings is 4. The molecule has 17 nitrogen and oxygen atoms in total. The summed E-state index contributed by atoms with van der Waals surface area (Å²) in [5.41, 5.74) is 1.60. The second kappa shape index (κ2) is 20.8. The van der Waals surface area contributed by atoms with E-state index in [0.717, 1.165) is 59.7 Å². The van der Waals surface area contributed by atoms with Crippen molar-refractivity contribution in [3.63, 3.8) is 0 Å². The lowest BCUT2D eigenvalue weighted by Gasteiger charge is -2.07. The van der Waals surface area contributed by atoms with E-state index >= 15 is 0 Å². The minimum Gasteiger partial charge on any atom is -0.481 e. The van der Waals surface area contributed by atoms with E-state index in [1.165, 1.54) is 0 Å². The maximum absolute atomic E-state index is 12.0. The van der Waals surface area contributed by atoms with E-state index in [0.29, 0.717) is 13.2 Å². The predicted octanol–water partition coefficient (Wildman–Crippen LogP) is 3.93. The molecule has 0 heterocycles. The molecule has 4 rings (SSSR count). The molecule has 0 aromatic heterocycles. The first kappa shape index (κ1) is 41.6. The van der Waals surface area contributed by atoms with E-state index in [1.54, 1.807) is 0 Å². The summed E-state index contributed by atoms with van der Waals surface area (Å²) in [6.45, 7) is 1.14. The van der Waals surface area contributed by atoms with Gasteiger partial charge in [0.25, 0.3) is 21.4 Å². The Bertz CT molecular complexity index is 1940. The number of amides is 1. The van der Waals surface area contributed by atoms with Crippen molar-refractivity contribution >= 4 is 43.3 Å². The number of nitro groups is 2. The summed E-state index contributed by atoms with van der Waals surface area (Å²) in [6, 6.07) is 27.6. The first-order valence-electron chi connectivity index (χ1n) is 14.6. The van der Waals surface area contributed by atoms with Crippen molar-refractivity contribution in [3.05, 3.63) is 141 Å². The maximum Gasteiger partial charge on any atom is 0.305 e. The van der Waals surface area contributed by atoms with Gasteiger partial charge in [-0.15, -0.1) is 0 Å². The molecule has 0 saturated carbocycles. The van der Waals surface area contributed by atoms with Crippen molar-refractivity contribution in [3.8, 4) is 0 Å². The molecule has 51 heavy (non-hydrogen) atoms. The van der Waals surface area contributed by atoms with Gasteiger partial charge in [0.1, 0.15) is 0 Å². The molecule has 0 spiro atoms. The number of carboxylic acids is 1. The van der Waals surface area contributed by atoms with Crippen LogP contribution in [0.15, 0.2) is 119 Å². The van der Waals surface area contributed by atoms with Crippen molar-refractivity contribution in [1.29, 1.82) is 0 Å². The lowest BCUT2D eigenvalue weighted by atomic mass is 10.2. The molecule has 272 valence electrons. The van der Waals surface area contributed by atoms with Crippen LogP contribution in [-0.2, 0) is 52.3 Å². The molecule has 0 fully saturated rings. The van der Waals surface area contributed by atoms with Crippen LogP contribution in [0.3, 0.4) is 0 Å². The van der Waals surface area contributed by atoms with Gasteiger partial charge < -0.3 is 14.6 Å². The maximum atomic E-state index is 12.0. The molecule has 0 aliphatic carbocycles. The normalized spacial score (nSPS) is 10.8. The van der Waals surface area contributed by atoms with Gasteiger partial charge in [0.15, 0.2) is 0 Å². The van der Waals surface area contributed by atoms with Crippen LogP contribution in [0.25, 0.3) is 0 Å². The average Bonchev–Trinajstić information content (AvgIpc) is 3.09. The van der Waals surface area contributed by atoms with Gasteiger partial charge in [-0.05, 0) is 35.4 Å². The molecule has 19 heteroatoms. The summed E-state index contributed by atoms with van der Waals surface area (Å²) in [5.74, 6) is -1.54. The van der Waals surface area contributed by atoms with Crippen LogP contribution in [0.1, 0.15) is 24.0 Å². The van der Waals surface area contributed by atoms with E-state index in [1.807, 2.05) is 65.4 Å². The molecule has 4 aromatic carbocycles. The van der Waals surface area contributed by atoms with Crippen LogP contribution < -0.4 is 9.86 Å². The number of carboxylic acid groups (broad SMARTS) is 1. The minimum atomic E-state index is -4.07. The van der Waals surface area contributed by atoms with Gasteiger partial charge in [-0.3, -0.25) is 29.8 Å². The molecule has 0 atom stereocenters. The van der Waals surface area contributed by atoms with E-state index in [-0.39, 0.29) is 47.2 Å². The number of carbonyl (C=O) groups excluding carboxylic acids is 1. The predicted molar refractivity (Wildman–Crippen MR) is 182 cm³/mol. The minimum absolute atomic E-state index is 0.0623. The molecule has 0 aliphatic rings. The summed E-state index contributed by atoms with van der Waals surface area (Å²) in [6.07, 6.45) is -0.0636. The van der Waals surface area contributed by atoms with Gasteiger partial charge in [0, 0.05) is 24.3 Å². The van der Waals surface area contributed by atoms with Gasteiger partial charge >= 0.3 is 5.97 Å². The highest BCUT2D eigenvalue weighted by atomic mass is 32.2. The molecule has 4 aromatic rings. The smallest absolute Gasteiger partial charge is 0.305 e. The van der Waals surface area contributed by atoms with Gasteiger partial charge in [-0.25, -0.2) is 26.7 Å². The van der Waals surface area contributed by atoms with Crippen LogP contribution in [0, 0.1) is 20.2 Å². The zero-order valence-corrected chi connectivity index (χ0v) is 28.4. The van der Waals surface area contributed by atoms with E-state index in [2.05, 4.69) is 0 Å². The number of nitro benzene ring substituents is 2. The Hall–Kier alpha value is -5.60. The zero-order valence-electron chi connectivity index (χ0n) is 26.8. The standard InChI is InChI=1S/C16H16N2O6S.C10H12O3.C6H6N2O4S/c19-16(10-11-24-12-13-4-2-1-3-5-13)17-25(22,23)15-8-6-14(7-9-15)18(20)21;11-10(12)6-7-13-8-9-4-2-1-3-5-9;7-13(11,12)6-3-1-5(2-4-6)8(9)10/h1-9H,10-12H2,(H,17,19);1-5H,6-8H2,(H,11,12);1-4H,(H2,7,11,12). The number of non-ortho nitro benzene ring substituents is 2. The van der Waals surface area contributed by atoms with Crippen LogP contribution in [0.2, 0.25) is 0 Å². The molecular formula is C32H34N4O13S2. The average molecular weight is 747 g/mol. The zero-order chi connectivity index (χ0) is 37.9. The number of nitrogens with one attached hydrogen (secondary N) is 1. The molecule has 0 aliphatic heterocycles. The summed E-state index contributed by atoms with van der Waals surface area (Å²) in [4.78, 5) is 41.0. The number of primary sulfonamides is 1. The van der Waals surface area contributed by atoms with E-state index in [4.69, 9.17) is 19.7 Å². The highest BCUT2D eigenvalue weighted by molar-refractivity contribution is 7.90. The van der Waals surface area contributed by atoms with Crippen molar-refractivity contribution in [2.24, 2.45) is 5.14 Å². The molecule has 0 saturated heterocycles. The molecule has 1 amide bonds. The number of sulfonamides is 2. The van der Waals surface area contributed by atoms with Crippen LogP contribution in [0.4, 0.5) is 11.4 Å². The molecule has 0 radical (unpaired) electrons. The van der Waals surface area contributed by atoms with Crippen molar-refractivity contribution < 1.29 is 50.9 Å².